The quantitative estimate of drug-likeness (QED) is 0.679. The van der Waals surface area contributed by atoms with Crippen LogP contribution in [0.4, 0.5) is 0 Å². The molecule has 4 N–H and O–H groups in total. The molecule has 0 spiro atoms. The summed E-state index contributed by atoms with van der Waals surface area (Å²) in [6, 6.07) is 6.59. The van der Waals surface area contributed by atoms with Gasteiger partial charge >= 0.3 is 0 Å². The molecule has 0 aromatic heterocycles. The molecule has 0 bridgehead atoms. The van der Waals surface area contributed by atoms with E-state index in [-0.39, 0.29) is 25.0 Å². The molecule has 0 aliphatic heterocycles. The van der Waals surface area contributed by atoms with Crippen molar-refractivity contribution in [3.63, 3.8) is 0 Å². The number of hydrogen-bond acceptors (Lipinski definition) is 3. The van der Waals surface area contributed by atoms with Gasteiger partial charge in [-0.2, -0.15) is 0 Å². The first-order valence-corrected chi connectivity index (χ1v) is 6.32. The Kier molecular flexibility index (Phi) is 6.27. The molecule has 1 rings (SSSR count). The maximum Gasteiger partial charge on any atom is 0.252 e. The summed E-state index contributed by atoms with van der Waals surface area (Å²) in [5, 5.41) is 11.4. The molecule has 5 nitrogen and oxygen atoms in total. The predicted octanol–water partition coefficient (Wildman–Crippen LogP) is 0.414. The highest BCUT2D eigenvalue weighted by Gasteiger charge is 2.13. The van der Waals surface area contributed by atoms with Gasteiger partial charge in [0, 0.05) is 24.4 Å². The third kappa shape index (κ3) is 5.12. The number of benzene rings is 1. The van der Waals surface area contributed by atoms with Crippen molar-refractivity contribution in [1.82, 2.24) is 5.32 Å². The number of primary amides is 1. The molecule has 0 aliphatic rings. The molecule has 20 heavy (non-hydrogen) atoms. The molecule has 0 fully saturated rings. The zero-order chi connectivity index (χ0) is 15.0. The zero-order valence-electron chi connectivity index (χ0n) is 11.3. The van der Waals surface area contributed by atoms with Crippen LogP contribution >= 0.6 is 0 Å². The number of aliphatic hydroxyl groups is 1. The van der Waals surface area contributed by atoms with E-state index in [4.69, 9.17) is 10.8 Å². The Labute approximate surface area is 118 Å². The van der Waals surface area contributed by atoms with Crippen LogP contribution in [0.25, 0.3) is 0 Å². The highest BCUT2D eigenvalue weighted by atomic mass is 16.2. The van der Waals surface area contributed by atoms with Gasteiger partial charge in [-0.15, -0.1) is 0 Å². The van der Waals surface area contributed by atoms with Crippen LogP contribution in [0.15, 0.2) is 24.3 Å². The van der Waals surface area contributed by atoms with Gasteiger partial charge in [0.05, 0.1) is 12.2 Å². The Morgan fingerprint density at radius 1 is 1.40 bits per heavy atom. The van der Waals surface area contributed by atoms with Gasteiger partial charge in [-0.1, -0.05) is 24.0 Å². The van der Waals surface area contributed by atoms with Crippen molar-refractivity contribution >= 4 is 11.8 Å². The van der Waals surface area contributed by atoms with Crippen LogP contribution in [0.3, 0.4) is 0 Å². The van der Waals surface area contributed by atoms with E-state index in [1.54, 1.807) is 31.2 Å². The van der Waals surface area contributed by atoms with Crippen LogP contribution in [0, 0.1) is 11.8 Å². The van der Waals surface area contributed by atoms with E-state index in [9.17, 15) is 9.59 Å². The summed E-state index contributed by atoms with van der Waals surface area (Å²) >= 11 is 0. The van der Waals surface area contributed by atoms with Crippen molar-refractivity contribution in [3.8, 4) is 11.8 Å². The minimum Gasteiger partial charge on any atom is -0.395 e. The maximum atomic E-state index is 12.1. The van der Waals surface area contributed by atoms with Gasteiger partial charge in [0.1, 0.15) is 0 Å². The molecule has 0 radical (unpaired) electrons. The fraction of sp³-hybridized carbons (Fsp3) is 0.333. The van der Waals surface area contributed by atoms with Crippen molar-refractivity contribution in [2.75, 3.05) is 6.61 Å². The van der Waals surface area contributed by atoms with E-state index in [0.29, 0.717) is 17.5 Å². The summed E-state index contributed by atoms with van der Waals surface area (Å²) in [4.78, 5) is 22.9. The second-order valence-electron chi connectivity index (χ2n) is 4.37. The third-order valence-corrected chi connectivity index (χ3v) is 2.52. The second-order valence-corrected chi connectivity index (χ2v) is 4.37. The number of nitrogens with one attached hydrogen (secondary N) is 1. The molecule has 5 heteroatoms. The van der Waals surface area contributed by atoms with Gasteiger partial charge in [0.2, 0.25) is 5.91 Å². The lowest BCUT2D eigenvalue weighted by molar-refractivity contribution is -0.118. The highest BCUT2D eigenvalue weighted by molar-refractivity contribution is 5.97. The van der Waals surface area contributed by atoms with Gasteiger partial charge in [-0.3, -0.25) is 9.59 Å². The van der Waals surface area contributed by atoms with Crippen LogP contribution in [-0.4, -0.2) is 29.6 Å². The maximum absolute atomic E-state index is 12.1. The average Bonchev–Trinajstić information content (AvgIpc) is 2.38. The summed E-state index contributed by atoms with van der Waals surface area (Å²) < 4.78 is 0. The summed E-state index contributed by atoms with van der Waals surface area (Å²) in [6.07, 6.45) is 0.443. The fourth-order valence-corrected chi connectivity index (χ4v) is 1.66. The van der Waals surface area contributed by atoms with Crippen molar-refractivity contribution in [3.05, 3.63) is 35.4 Å². The monoisotopic (exact) mass is 274 g/mol. The van der Waals surface area contributed by atoms with Crippen LogP contribution < -0.4 is 11.1 Å². The molecule has 0 saturated carbocycles. The lowest BCUT2D eigenvalue weighted by Gasteiger charge is -2.12. The average molecular weight is 274 g/mol. The molecule has 0 heterocycles. The van der Waals surface area contributed by atoms with E-state index in [1.807, 2.05) is 0 Å². The first kappa shape index (κ1) is 15.7. The summed E-state index contributed by atoms with van der Waals surface area (Å²) in [7, 11) is 0. The topological polar surface area (TPSA) is 92.4 Å². The summed E-state index contributed by atoms with van der Waals surface area (Å²) in [5.74, 6) is 4.86. The van der Waals surface area contributed by atoms with Gasteiger partial charge in [0.25, 0.3) is 5.91 Å². The van der Waals surface area contributed by atoms with Crippen molar-refractivity contribution < 1.29 is 14.7 Å². The Bertz CT molecular complexity index is 544. The van der Waals surface area contributed by atoms with E-state index in [1.165, 1.54) is 0 Å². The molecular formula is C15H18N2O3. The third-order valence-electron chi connectivity index (χ3n) is 2.52. The van der Waals surface area contributed by atoms with E-state index in [0.717, 1.165) is 0 Å². The smallest absolute Gasteiger partial charge is 0.252 e. The van der Waals surface area contributed by atoms with Gasteiger partial charge in [0.15, 0.2) is 0 Å². The van der Waals surface area contributed by atoms with Gasteiger partial charge in [-0.25, -0.2) is 0 Å². The van der Waals surface area contributed by atoms with E-state index < -0.39 is 5.91 Å². The lowest BCUT2D eigenvalue weighted by Crippen LogP contribution is -2.36. The molecule has 106 valence electrons. The Hall–Kier alpha value is -2.32. The molecule has 1 unspecified atom stereocenters. The number of hydrogen-bond donors (Lipinski definition) is 3. The summed E-state index contributed by atoms with van der Waals surface area (Å²) in [6.45, 7) is 1.69. The molecule has 1 aromatic carbocycles. The van der Waals surface area contributed by atoms with Gasteiger partial charge in [-0.05, 0) is 19.1 Å². The van der Waals surface area contributed by atoms with Crippen molar-refractivity contribution in [1.29, 1.82) is 0 Å². The number of amides is 2. The first-order chi connectivity index (χ1) is 9.54. The molecule has 1 atom stereocenters. The minimum atomic E-state index is -0.464. The number of aliphatic hydroxyl groups excluding tert-OH is 1. The molecule has 1 aromatic rings. The Balaban J connectivity index is 2.83. The van der Waals surface area contributed by atoms with Crippen molar-refractivity contribution in [2.24, 2.45) is 5.73 Å². The Morgan fingerprint density at radius 2 is 2.10 bits per heavy atom. The van der Waals surface area contributed by atoms with E-state index in [2.05, 4.69) is 17.2 Å². The van der Waals surface area contributed by atoms with Crippen LogP contribution in [0.2, 0.25) is 0 Å². The van der Waals surface area contributed by atoms with Crippen molar-refractivity contribution in [2.45, 2.75) is 25.8 Å². The van der Waals surface area contributed by atoms with Gasteiger partial charge < -0.3 is 16.2 Å². The highest BCUT2D eigenvalue weighted by Crippen LogP contribution is 2.08. The second kappa shape index (κ2) is 7.97. The van der Waals surface area contributed by atoms with Crippen LogP contribution in [0.5, 0.6) is 0 Å². The number of nitrogens with two attached hydrogens (primary N) is 1. The van der Waals surface area contributed by atoms with Crippen LogP contribution in [-0.2, 0) is 4.79 Å². The van der Waals surface area contributed by atoms with Crippen LogP contribution in [0.1, 0.15) is 35.7 Å². The minimum absolute atomic E-state index is 0.0169. The fourth-order valence-electron chi connectivity index (χ4n) is 1.66. The Morgan fingerprint density at radius 3 is 2.75 bits per heavy atom. The lowest BCUT2D eigenvalue weighted by atomic mass is 10.1. The SMILES string of the molecule is CC(CC(N)=O)NC(=O)c1ccccc1C#CCCO. The van der Waals surface area contributed by atoms with E-state index >= 15 is 0 Å². The number of rotatable bonds is 5. The first-order valence-electron chi connectivity index (χ1n) is 6.32. The molecule has 2 amide bonds. The zero-order valence-corrected chi connectivity index (χ0v) is 11.3. The standard InChI is InChI=1S/C15H18N2O3/c1-11(10-14(16)19)17-15(20)13-8-3-2-6-12(13)7-4-5-9-18/h2-3,6,8,11,18H,5,9-10H2,1H3,(H2,16,19)(H,17,20). The number of carbonyl (C=O) groups is 2. The molecule has 0 saturated heterocycles. The predicted molar refractivity (Wildman–Crippen MR) is 75.8 cm³/mol. The molecular weight excluding hydrogens is 256 g/mol. The molecule has 0 aliphatic carbocycles. The largest absolute Gasteiger partial charge is 0.395 e. The number of carbonyl (C=O) groups excluding carboxylic acids is 2. The summed E-state index contributed by atoms with van der Waals surface area (Å²) in [5.41, 5.74) is 6.11. The normalized spacial score (nSPS) is 11.1.